The molecule has 0 aliphatic rings. The largest absolute Gasteiger partial charge is 0.331 e. The molecule has 0 atom stereocenters. The summed E-state index contributed by atoms with van der Waals surface area (Å²) < 4.78 is 0. The standard InChI is InChI=1S/C22H16N6S2/c1-2-16(20-14-30-22(28-20)26-18-7-11-24-12-8-18)4-3-15(1)19-13-29-21(27-19)25-17-5-9-23-10-6-17/h1-14H,(H,23,25,27)(H,24,26,28). The molecule has 8 heteroatoms. The van der Waals surface area contributed by atoms with Gasteiger partial charge < -0.3 is 10.6 Å². The number of anilines is 4. The van der Waals surface area contributed by atoms with Gasteiger partial charge in [0, 0.05) is 58.0 Å². The molecule has 0 unspecified atom stereocenters. The quantitative estimate of drug-likeness (QED) is 0.335. The number of rotatable bonds is 6. The molecule has 30 heavy (non-hydrogen) atoms. The van der Waals surface area contributed by atoms with Crippen LogP contribution in [-0.2, 0) is 0 Å². The van der Waals surface area contributed by atoms with E-state index in [1.807, 2.05) is 24.3 Å². The van der Waals surface area contributed by atoms with E-state index in [0.717, 1.165) is 44.2 Å². The lowest BCUT2D eigenvalue weighted by Gasteiger charge is -2.02. The molecule has 0 fully saturated rings. The van der Waals surface area contributed by atoms with Crippen LogP contribution in [0.3, 0.4) is 0 Å². The molecule has 0 spiro atoms. The van der Waals surface area contributed by atoms with Crippen molar-refractivity contribution in [2.45, 2.75) is 0 Å². The van der Waals surface area contributed by atoms with Gasteiger partial charge in [0.15, 0.2) is 10.3 Å². The van der Waals surface area contributed by atoms with Crippen LogP contribution >= 0.6 is 22.7 Å². The highest BCUT2D eigenvalue weighted by Crippen LogP contribution is 2.30. The number of benzene rings is 1. The third-order valence-electron chi connectivity index (χ3n) is 4.35. The Balaban J connectivity index is 1.29. The lowest BCUT2D eigenvalue weighted by molar-refractivity contribution is 1.31. The van der Waals surface area contributed by atoms with Gasteiger partial charge in [-0.15, -0.1) is 22.7 Å². The molecule has 2 N–H and O–H groups in total. The number of hydrogen-bond acceptors (Lipinski definition) is 8. The zero-order valence-electron chi connectivity index (χ0n) is 15.7. The first-order chi connectivity index (χ1) is 14.8. The minimum atomic E-state index is 0.853. The summed E-state index contributed by atoms with van der Waals surface area (Å²) in [6, 6.07) is 16.0. The SMILES string of the molecule is c1cc(Nc2nc(-c3ccc(-c4csc(Nc5ccncc5)n4)cc3)cs2)ccn1. The van der Waals surface area contributed by atoms with Gasteiger partial charge in [0.1, 0.15) is 0 Å². The van der Waals surface area contributed by atoms with E-state index < -0.39 is 0 Å². The lowest BCUT2D eigenvalue weighted by Crippen LogP contribution is -1.90. The predicted octanol–water partition coefficient (Wildman–Crippen LogP) is 6.21. The first-order valence-electron chi connectivity index (χ1n) is 9.19. The molecule has 4 heterocycles. The van der Waals surface area contributed by atoms with Gasteiger partial charge >= 0.3 is 0 Å². The Kier molecular flexibility index (Phi) is 5.15. The van der Waals surface area contributed by atoms with Gasteiger partial charge in [-0.3, -0.25) is 9.97 Å². The molecule has 0 amide bonds. The highest BCUT2D eigenvalue weighted by Gasteiger charge is 2.08. The second kappa shape index (κ2) is 8.40. The van der Waals surface area contributed by atoms with Crippen LogP contribution in [0.4, 0.5) is 21.6 Å². The third kappa shape index (κ3) is 4.19. The molecular weight excluding hydrogens is 412 g/mol. The summed E-state index contributed by atoms with van der Waals surface area (Å²) in [6.45, 7) is 0. The van der Waals surface area contributed by atoms with E-state index in [1.165, 1.54) is 0 Å². The van der Waals surface area contributed by atoms with Gasteiger partial charge in [-0.2, -0.15) is 0 Å². The van der Waals surface area contributed by atoms with Crippen LogP contribution in [0.15, 0.2) is 84.1 Å². The molecule has 0 radical (unpaired) electrons. The van der Waals surface area contributed by atoms with Crippen molar-refractivity contribution in [1.82, 2.24) is 19.9 Å². The van der Waals surface area contributed by atoms with E-state index in [-0.39, 0.29) is 0 Å². The van der Waals surface area contributed by atoms with E-state index in [9.17, 15) is 0 Å². The normalized spacial score (nSPS) is 10.7. The van der Waals surface area contributed by atoms with Crippen molar-refractivity contribution in [2.75, 3.05) is 10.6 Å². The Labute approximate surface area is 181 Å². The fourth-order valence-corrected chi connectivity index (χ4v) is 4.34. The average molecular weight is 429 g/mol. The van der Waals surface area contributed by atoms with Crippen LogP contribution < -0.4 is 10.6 Å². The third-order valence-corrected chi connectivity index (χ3v) is 5.86. The number of thiazole rings is 2. The molecule has 6 nitrogen and oxygen atoms in total. The fourth-order valence-electron chi connectivity index (χ4n) is 2.86. The maximum atomic E-state index is 4.69. The molecule has 5 aromatic rings. The molecule has 0 saturated heterocycles. The van der Waals surface area contributed by atoms with Gasteiger partial charge in [0.2, 0.25) is 0 Å². The molecule has 4 aromatic heterocycles. The van der Waals surface area contributed by atoms with E-state index >= 15 is 0 Å². The molecule has 5 rings (SSSR count). The van der Waals surface area contributed by atoms with Gasteiger partial charge in [0.25, 0.3) is 0 Å². The van der Waals surface area contributed by atoms with Gasteiger partial charge in [-0.05, 0) is 24.3 Å². The first kappa shape index (κ1) is 18.4. The highest BCUT2D eigenvalue weighted by atomic mass is 32.1. The van der Waals surface area contributed by atoms with Crippen molar-refractivity contribution in [3.05, 3.63) is 84.1 Å². The molecule has 0 bridgehead atoms. The maximum Gasteiger partial charge on any atom is 0.187 e. The Morgan fingerprint density at radius 2 is 0.933 bits per heavy atom. The average Bonchev–Trinajstić information content (AvgIpc) is 3.45. The second-order valence-electron chi connectivity index (χ2n) is 6.37. The fraction of sp³-hybridized carbons (Fsp3) is 0. The Morgan fingerprint density at radius 3 is 1.33 bits per heavy atom. The van der Waals surface area contributed by atoms with Crippen molar-refractivity contribution in [1.29, 1.82) is 0 Å². The van der Waals surface area contributed by atoms with Crippen molar-refractivity contribution in [3.63, 3.8) is 0 Å². The summed E-state index contributed by atoms with van der Waals surface area (Å²) in [5, 5.41) is 12.4. The van der Waals surface area contributed by atoms with Crippen molar-refractivity contribution in [2.24, 2.45) is 0 Å². The minimum absolute atomic E-state index is 0.853. The summed E-state index contributed by atoms with van der Waals surface area (Å²) >= 11 is 3.16. The van der Waals surface area contributed by atoms with Crippen LogP contribution in [0, 0.1) is 0 Å². The monoisotopic (exact) mass is 428 g/mol. The molecule has 0 saturated carbocycles. The summed E-state index contributed by atoms with van der Waals surface area (Å²) in [6.07, 6.45) is 7.02. The van der Waals surface area contributed by atoms with Gasteiger partial charge in [-0.25, -0.2) is 9.97 Å². The number of hydrogen-bond donors (Lipinski definition) is 2. The Morgan fingerprint density at radius 1 is 0.533 bits per heavy atom. The van der Waals surface area contributed by atoms with Crippen molar-refractivity contribution < 1.29 is 0 Å². The van der Waals surface area contributed by atoms with Crippen LogP contribution in [0.25, 0.3) is 22.5 Å². The number of nitrogens with one attached hydrogen (secondary N) is 2. The van der Waals surface area contributed by atoms with E-state index in [1.54, 1.807) is 47.5 Å². The number of aromatic nitrogens is 4. The van der Waals surface area contributed by atoms with Crippen molar-refractivity contribution in [3.8, 4) is 22.5 Å². The second-order valence-corrected chi connectivity index (χ2v) is 8.09. The van der Waals surface area contributed by atoms with Crippen LogP contribution in [0.2, 0.25) is 0 Å². The topological polar surface area (TPSA) is 75.6 Å². The van der Waals surface area contributed by atoms with E-state index in [0.29, 0.717) is 0 Å². The molecule has 146 valence electrons. The van der Waals surface area contributed by atoms with Crippen molar-refractivity contribution >= 4 is 44.3 Å². The zero-order valence-corrected chi connectivity index (χ0v) is 17.3. The van der Waals surface area contributed by atoms with Crippen LogP contribution in [0.1, 0.15) is 0 Å². The zero-order chi connectivity index (χ0) is 20.2. The molecule has 1 aromatic carbocycles. The summed E-state index contributed by atoms with van der Waals surface area (Å²) in [7, 11) is 0. The van der Waals surface area contributed by atoms with Crippen LogP contribution in [0.5, 0.6) is 0 Å². The molecule has 0 aliphatic heterocycles. The minimum Gasteiger partial charge on any atom is -0.331 e. The number of nitrogens with zero attached hydrogens (tertiary/aromatic N) is 4. The molecule has 0 aliphatic carbocycles. The maximum absolute atomic E-state index is 4.69. The van der Waals surface area contributed by atoms with Gasteiger partial charge in [0.05, 0.1) is 11.4 Å². The Hall–Kier alpha value is -3.62. The van der Waals surface area contributed by atoms with Crippen LogP contribution in [-0.4, -0.2) is 19.9 Å². The highest BCUT2D eigenvalue weighted by molar-refractivity contribution is 7.14. The number of pyridine rings is 2. The summed E-state index contributed by atoms with van der Waals surface area (Å²) in [4.78, 5) is 17.4. The summed E-state index contributed by atoms with van der Waals surface area (Å²) in [5.41, 5.74) is 5.98. The predicted molar refractivity (Wildman–Crippen MR) is 124 cm³/mol. The lowest BCUT2D eigenvalue weighted by atomic mass is 10.1. The first-order valence-corrected chi connectivity index (χ1v) is 11.0. The van der Waals surface area contributed by atoms with E-state index in [4.69, 9.17) is 0 Å². The molecular formula is C22H16N6S2. The Bertz CT molecular complexity index is 1130. The summed E-state index contributed by atoms with van der Waals surface area (Å²) in [5.74, 6) is 0. The van der Waals surface area contributed by atoms with E-state index in [2.05, 4.69) is 65.6 Å². The smallest absolute Gasteiger partial charge is 0.187 e. The van der Waals surface area contributed by atoms with Gasteiger partial charge in [-0.1, -0.05) is 24.3 Å².